The Bertz CT molecular complexity index is 238. The van der Waals surface area contributed by atoms with Crippen LogP contribution in [0.5, 0.6) is 0 Å². The summed E-state index contributed by atoms with van der Waals surface area (Å²) in [5.74, 6) is 2.35. The molecule has 1 aliphatic rings. The van der Waals surface area contributed by atoms with Gasteiger partial charge in [0.1, 0.15) is 0 Å². The molecule has 72 valence electrons. The second-order valence-electron chi connectivity index (χ2n) is 3.85. The zero-order valence-corrected chi connectivity index (χ0v) is 8.18. The van der Waals surface area contributed by atoms with Gasteiger partial charge in [0.2, 0.25) is 5.91 Å². The van der Waals surface area contributed by atoms with Crippen molar-refractivity contribution in [2.75, 3.05) is 6.54 Å². The molecule has 1 atom stereocenters. The molecule has 1 saturated carbocycles. The molecule has 1 aliphatic carbocycles. The lowest BCUT2D eigenvalue weighted by Gasteiger charge is -2.17. The molecule has 0 heterocycles. The molecule has 0 aromatic rings. The first-order chi connectivity index (χ1) is 6.07. The summed E-state index contributed by atoms with van der Waals surface area (Å²) in [5.41, 5.74) is 0.187. The molecule has 0 aromatic heterocycles. The summed E-state index contributed by atoms with van der Waals surface area (Å²) in [6.07, 6.45) is 7.34. The highest BCUT2D eigenvalue weighted by Gasteiger charge is 2.38. The van der Waals surface area contributed by atoms with Gasteiger partial charge in [-0.2, -0.15) is 0 Å². The Kier molecular flexibility index (Phi) is 2.94. The monoisotopic (exact) mass is 180 g/mol. The van der Waals surface area contributed by atoms with Gasteiger partial charge in [0.25, 0.3) is 0 Å². The van der Waals surface area contributed by atoms with Crippen molar-refractivity contribution in [2.45, 2.75) is 38.3 Å². The van der Waals surface area contributed by atoms with E-state index < -0.39 is 0 Å². The van der Waals surface area contributed by atoms with Gasteiger partial charge in [-0.1, -0.05) is 5.92 Å². The fraction of sp³-hybridized carbons (Fsp3) is 0.700. The normalized spacial score (nSPS) is 20.1. The van der Waals surface area contributed by atoms with Crippen LogP contribution in [0.1, 0.15) is 26.7 Å². The Morgan fingerprint density at radius 2 is 2.31 bits per heavy atom. The third-order valence-electron chi connectivity index (χ3n) is 2.32. The van der Waals surface area contributed by atoms with Crippen LogP contribution in [0.15, 0.2) is 0 Å². The van der Waals surface area contributed by atoms with E-state index in [0.717, 1.165) is 12.8 Å². The van der Waals surface area contributed by atoms with Crippen LogP contribution in [0.4, 0.5) is 0 Å². The second-order valence-corrected chi connectivity index (χ2v) is 3.85. The Labute approximate surface area is 79.3 Å². The van der Waals surface area contributed by atoms with Gasteiger partial charge in [-0.3, -0.25) is 4.79 Å². The fourth-order valence-corrected chi connectivity index (χ4v) is 1.21. The lowest BCUT2D eigenvalue weighted by molar-refractivity contribution is -0.122. The van der Waals surface area contributed by atoms with Gasteiger partial charge in [-0.25, -0.2) is 0 Å². The largest absolute Gasteiger partial charge is 0.344 e. The molecule has 1 unspecified atom stereocenters. The average molecular weight is 180 g/mol. The van der Waals surface area contributed by atoms with E-state index in [9.17, 15) is 4.79 Å². The Morgan fingerprint density at radius 1 is 1.69 bits per heavy atom. The third kappa shape index (κ3) is 3.08. The molecule has 3 nitrogen and oxygen atoms in total. The second kappa shape index (κ2) is 3.80. The van der Waals surface area contributed by atoms with Crippen molar-refractivity contribution in [3.8, 4) is 12.3 Å². The van der Waals surface area contributed by atoms with Gasteiger partial charge in [0.05, 0.1) is 12.6 Å². The molecular weight excluding hydrogens is 164 g/mol. The van der Waals surface area contributed by atoms with Crippen molar-refractivity contribution < 1.29 is 4.79 Å². The molecule has 0 aromatic carbocycles. The summed E-state index contributed by atoms with van der Waals surface area (Å²) >= 11 is 0. The molecule has 1 amide bonds. The van der Waals surface area contributed by atoms with Crippen molar-refractivity contribution in [1.29, 1.82) is 0 Å². The molecule has 3 heteroatoms. The number of amides is 1. The van der Waals surface area contributed by atoms with E-state index in [0.29, 0.717) is 6.54 Å². The van der Waals surface area contributed by atoms with E-state index in [1.807, 2.05) is 6.92 Å². The van der Waals surface area contributed by atoms with Gasteiger partial charge in [-0.15, -0.1) is 6.42 Å². The van der Waals surface area contributed by atoms with Crippen LogP contribution in [0, 0.1) is 12.3 Å². The van der Waals surface area contributed by atoms with E-state index in [1.54, 1.807) is 0 Å². The summed E-state index contributed by atoms with van der Waals surface area (Å²) in [6, 6.07) is -0.152. The van der Waals surface area contributed by atoms with E-state index in [2.05, 4.69) is 23.5 Å². The molecule has 0 spiro atoms. The van der Waals surface area contributed by atoms with Crippen LogP contribution in [0.25, 0.3) is 0 Å². The van der Waals surface area contributed by atoms with Crippen molar-refractivity contribution in [2.24, 2.45) is 0 Å². The molecule has 0 aliphatic heterocycles. The molecule has 0 bridgehead atoms. The number of nitrogens with one attached hydrogen (secondary N) is 2. The average Bonchev–Trinajstić information content (AvgIpc) is 2.79. The number of rotatable bonds is 4. The Balaban J connectivity index is 2.26. The van der Waals surface area contributed by atoms with Crippen LogP contribution in [-0.4, -0.2) is 24.0 Å². The number of hydrogen-bond donors (Lipinski definition) is 2. The van der Waals surface area contributed by atoms with Crippen molar-refractivity contribution >= 4 is 5.91 Å². The zero-order valence-electron chi connectivity index (χ0n) is 8.18. The van der Waals surface area contributed by atoms with Gasteiger partial charge in [0.15, 0.2) is 0 Å². The van der Waals surface area contributed by atoms with E-state index >= 15 is 0 Å². The minimum Gasteiger partial charge on any atom is -0.344 e. The van der Waals surface area contributed by atoms with Gasteiger partial charge in [0, 0.05) is 5.54 Å². The predicted octanol–water partition coefficient (Wildman–Crippen LogP) is 0.266. The van der Waals surface area contributed by atoms with Crippen molar-refractivity contribution in [3.05, 3.63) is 0 Å². The highest BCUT2D eigenvalue weighted by atomic mass is 16.2. The molecule has 0 radical (unpaired) electrons. The summed E-state index contributed by atoms with van der Waals surface area (Å²) in [6.45, 7) is 4.29. The fourth-order valence-electron chi connectivity index (χ4n) is 1.21. The standard InChI is InChI=1S/C10H16N2O/c1-4-7-11-9(13)8(2)12-10(3)5-6-10/h1,8,12H,5-7H2,2-3H3,(H,11,13). The highest BCUT2D eigenvalue weighted by molar-refractivity contribution is 5.81. The smallest absolute Gasteiger partial charge is 0.237 e. The summed E-state index contributed by atoms with van der Waals surface area (Å²) < 4.78 is 0. The Hall–Kier alpha value is -1.01. The minimum atomic E-state index is -0.152. The zero-order chi connectivity index (χ0) is 9.90. The van der Waals surface area contributed by atoms with E-state index in [1.165, 1.54) is 0 Å². The topological polar surface area (TPSA) is 41.1 Å². The van der Waals surface area contributed by atoms with Crippen molar-refractivity contribution in [1.82, 2.24) is 10.6 Å². The van der Waals surface area contributed by atoms with Gasteiger partial charge < -0.3 is 10.6 Å². The van der Waals surface area contributed by atoms with E-state index in [4.69, 9.17) is 6.42 Å². The Morgan fingerprint density at radius 3 is 2.77 bits per heavy atom. The van der Waals surface area contributed by atoms with Crippen molar-refractivity contribution in [3.63, 3.8) is 0 Å². The SMILES string of the molecule is C#CCNC(=O)C(C)NC1(C)CC1. The van der Waals surface area contributed by atoms with Gasteiger partial charge >= 0.3 is 0 Å². The van der Waals surface area contributed by atoms with Crippen LogP contribution in [-0.2, 0) is 4.79 Å². The molecule has 1 fully saturated rings. The molecular formula is C10H16N2O. The minimum absolute atomic E-state index is 0.0222. The molecule has 0 saturated heterocycles. The maximum Gasteiger partial charge on any atom is 0.237 e. The number of terminal acetylenes is 1. The summed E-state index contributed by atoms with van der Waals surface area (Å²) in [7, 11) is 0. The first-order valence-electron chi connectivity index (χ1n) is 4.56. The first kappa shape index (κ1) is 10.1. The quantitative estimate of drug-likeness (QED) is 0.610. The van der Waals surface area contributed by atoms with Crippen LogP contribution in [0.3, 0.4) is 0 Å². The number of carbonyl (C=O) groups is 1. The maximum atomic E-state index is 11.3. The summed E-state index contributed by atoms with van der Waals surface area (Å²) in [5, 5.41) is 5.90. The maximum absolute atomic E-state index is 11.3. The van der Waals surface area contributed by atoms with Gasteiger partial charge in [-0.05, 0) is 26.7 Å². The lowest BCUT2D eigenvalue weighted by atomic mass is 10.2. The molecule has 13 heavy (non-hydrogen) atoms. The first-order valence-corrected chi connectivity index (χ1v) is 4.56. The lowest BCUT2D eigenvalue weighted by Crippen LogP contribution is -2.46. The van der Waals surface area contributed by atoms with Crippen LogP contribution < -0.4 is 10.6 Å². The predicted molar refractivity (Wildman–Crippen MR) is 52.1 cm³/mol. The highest BCUT2D eigenvalue weighted by Crippen LogP contribution is 2.34. The number of hydrogen-bond acceptors (Lipinski definition) is 2. The molecule has 1 rings (SSSR count). The summed E-state index contributed by atoms with van der Waals surface area (Å²) in [4.78, 5) is 11.3. The van der Waals surface area contributed by atoms with E-state index in [-0.39, 0.29) is 17.5 Å². The third-order valence-corrected chi connectivity index (χ3v) is 2.32. The van der Waals surface area contributed by atoms with Crippen LogP contribution >= 0.6 is 0 Å². The number of carbonyl (C=O) groups excluding carboxylic acids is 1. The van der Waals surface area contributed by atoms with Crippen LogP contribution in [0.2, 0.25) is 0 Å². The molecule has 2 N–H and O–H groups in total.